The van der Waals surface area contributed by atoms with Crippen molar-refractivity contribution < 1.29 is 24.2 Å². The summed E-state index contributed by atoms with van der Waals surface area (Å²) < 4.78 is 10.7. The molecule has 0 saturated carbocycles. The fraction of sp³-hybridized carbons (Fsp3) is 0.616. The number of carbonyl (C=O) groups excluding carboxylic acids is 2. The second kappa shape index (κ2) is 66.8. The molecule has 0 aromatic rings. The molecule has 0 spiro atoms. The van der Waals surface area contributed by atoms with E-state index in [1.54, 1.807) is 0 Å². The van der Waals surface area contributed by atoms with E-state index in [1.165, 1.54) is 122 Å². The Morgan fingerprint density at radius 3 is 0.769 bits per heavy atom. The second-order valence-corrected chi connectivity index (χ2v) is 20.7. The molecule has 0 aromatic heterocycles. The molecule has 5 heteroatoms. The number of aliphatic hydroxyl groups excluding tert-OH is 1. The van der Waals surface area contributed by atoms with Gasteiger partial charge in [0.05, 0.1) is 6.61 Å². The molecule has 0 aliphatic carbocycles. The lowest BCUT2D eigenvalue weighted by atomic mass is 10.0. The number of allylic oxidation sites excluding steroid dienone is 26. The molecule has 0 radical (unpaired) electrons. The summed E-state index contributed by atoms with van der Waals surface area (Å²) in [5.74, 6) is -0.601. The van der Waals surface area contributed by atoms with Crippen molar-refractivity contribution in [3.63, 3.8) is 0 Å². The quantitative estimate of drug-likeness (QED) is 0.0373. The van der Waals surface area contributed by atoms with Crippen molar-refractivity contribution in [1.29, 1.82) is 0 Å². The maximum Gasteiger partial charge on any atom is 0.306 e. The summed E-state index contributed by atoms with van der Waals surface area (Å²) in [4.78, 5) is 24.6. The summed E-state index contributed by atoms with van der Waals surface area (Å²) in [5, 5.41) is 9.69. The van der Waals surface area contributed by atoms with E-state index >= 15 is 0 Å². The largest absolute Gasteiger partial charge is 0.462 e. The molecule has 5 nitrogen and oxygen atoms in total. The van der Waals surface area contributed by atoms with Crippen molar-refractivity contribution in [1.82, 2.24) is 0 Å². The zero-order chi connectivity index (χ0) is 56.2. The molecule has 0 amide bonds. The Labute approximate surface area is 481 Å². The fourth-order valence-corrected chi connectivity index (χ4v) is 8.60. The minimum atomic E-state index is -0.787. The van der Waals surface area contributed by atoms with Crippen LogP contribution in [0.15, 0.2) is 158 Å². The molecule has 0 rings (SSSR count). The van der Waals surface area contributed by atoms with E-state index in [-0.39, 0.29) is 25.2 Å². The molecule has 0 heterocycles. The van der Waals surface area contributed by atoms with Gasteiger partial charge in [0.15, 0.2) is 6.10 Å². The van der Waals surface area contributed by atoms with Gasteiger partial charge in [0.2, 0.25) is 0 Å². The third kappa shape index (κ3) is 64.0. The summed E-state index contributed by atoms with van der Waals surface area (Å²) in [6.45, 7) is 3.91. The van der Waals surface area contributed by atoms with Gasteiger partial charge < -0.3 is 14.6 Å². The third-order valence-corrected chi connectivity index (χ3v) is 13.3. The van der Waals surface area contributed by atoms with Crippen LogP contribution in [0.3, 0.4) is 0 Å². The first-order valence-corrected chi connectivity index (χ1v) is 32.0. The van der Waals surface area contributed by atoms with Gasteiger partial charge in [0.1, 0.15) is 6.61 Å². The van der Waals surface area contributed by atoms with Crippen LogP contribution in [0, 0.1) is 0 Å². The maximum absolute atomic E-state index is 12.4. The van der Waals surface area contributed by atoms with Gasteiger partial charge in [0.25, 0.3) is 0 Å². The van der Waals surface area contributed by atoms with Crippen LogP contribution < -0.4 is 0 Å². The smallest absolute Gasteiger partial charge is 0.306 e. The highest BCUT2D eigenvalue weighted by atomic mass is 16.6. The van der Waals surface area contributed by atoms with Crippen molar-refractivity contribution in [2.75, 3.05) is 13.2 Å². The molecule has 0 saturated heterocycles. The highest BCUT2D eigenvalue weighted by Gasteiger charge is 2.16. The van der Waals surface area contributed by atoms with Gasteiger partial charge in [-0.15, -0.1) is 0 Å². The number of ether oxygens (including phenoxy) is 2. The van der Waals surface area contributed by atoms with E-state index in [2.05, 4.69) is 172 Å². The number of unbranched alkanes of at least 4 members (excludes halogenated alkanes) is 23. The fourth-order valence-electron chi connectivity index (χ4n) is 8.60. The lowest BCUT2D eigenvalue weighted by Gasteiger charge is -2.15. The number of hydrogen-bond acceptors (Lipinski definition) is 5. The van der Waals surface area contributed by atoms with Crippen molar-refractivity contribution in [2.24, 2.45) is 0 Å². The van der Waals surface area contributed by atoms with Crippen LogP contribution in [0.1, 0.15) is 271 Å². The molecular weight excluding hydrogens is 957 g/mol. The summed E-state index contributed by atoms with van der Waals surface area (Å²) >= 11 is 0. The second-order valence-electron chi connectivity index (χ2n) is 20.7. The Morgan fingerprint density at radius 1 is 0.295 bits per heavy atom. The van der Waals surface area contributed by atoms with Crippen molar-refractivity contribution in [2.45, 2.75) is 277 Å². The lowest BCUT2D eigenvalue weighted by Crippen LogP contribution is -2.28. The van der Waals surface area contributed by atoms with Crippen molar-refractivity contribution >= 4 is 11.9 Å². The molecule has 0 aliphatic heterocycles. The molecule has 0 bridgehead atoms. The van der Waals surface area contributed by atoms with Crippen molar-refractivity contribution in [3.8, 4) is 0 Å². The highest BCUT2D eigenvalue weighted by molar-refractivity contribution is 5.70. The Balaban J connectivity index is 3.54. The Morgan fingerprint density at radius 2 is 0.513 bits per heavy atom. The zero-order valence-corrected chi connectivity index (χ0v) is 50.4. The van der Waals surface area contributed by atoms with E-state index in [4.69, 9.17) is 9.47 Å². The highest BCUT2D eigenvalue weighted by Crippen LogP contribution is 2.16. The van der Waals surface area contributed by atoms with Gasteiger partial charge in [-0.1, -0.05) is 294 Å². The van der Waals surface area contributed by atoms with Crippen LogP contribution in [0.25, 0.3) is 0 Å². The molecule has 1 unspecified atom stereocenters. The standard InChI is InChI=1S/C73H118O5/c1-3-5-7-9-11-13-15-17-19-21-23-25-27-29-31-33-34-35-36-37-38-40-42-44-46-48-50-52-54-56-58-60-62-64-66-68-73(76)78-71(69-74)70-77-72(75)67-65-63-61-59-57-55-53-51-49-47-45-43-41-39-32-30-28-26-24-22-20-18-16-14-12-10-8-6-4-2/h5-8,11-14,17-20,23-26,29-32,34-35,37-38,41,43,71,74H,3-4,9-10,15-16,21-22,27-28,33,36,39-40,42,44-70H2,1-2H3/b7-5-,8-6-,13-11-,14-12-,19-17-,20-18-,25-23-,26-24-,31-29-,32-30-,35-34-,38-37-,43-41-. The average molecular weight is 1080 g/mol. The van der Waals surface area contributed by atoms with Gasteiger partial charge >= 0.3 is 11.9 Å². The molecular formula is C73H118O5. The van der Waals surface area contributed by atoms with Crippen LogP contribution in [0.2, 0.25) is 0 Å². The number of hydrogen-bond donors (Lipinski definition) is 1. The van der Waals surface area contributed by atoms with E-state index in [0.29, 0.717) is 12.8 Å². The van der Waals surface area contributed by atoms with E-state index in [0.717, 1.165) is 122 Å². The predicted molar refractivity (Wildman–Crippen MR) is 343 cm³/mol. The Bertz CT molecular complexity index is 1690. The molecule has 440 valence electrons. The Kier molecular flexibility index (Phi) is 63.0. The van der Waals surface area contributed by atoms with Gasteiger partial charge in [0, 0.05) is 12.8 Å². The first-order valence-electron chi connectivity index (χ1n) is 32.0. The summed E-state index contributed by atoms with van der Waals surface area (Å²) in [6, 6.07) is 0. The van der Waals surface area contributed by atoms with Gasteiger partial charge in [-0.05, 0) is 122 Å². The minimum absolute atomic E-state index is 0.0765. The first-order chi connectivity index (χ1) is 38.6. The molecule has 1 N–H and O–H groups in total. The van der Waals surface area contributed by atoms with E-state index < -0.39 is 6.10 Å². The summed E-state index contributed by atoms with van der Waals surface area (Å²) in [6.07, 6.45) is 102. The SMILES string of the molecule is CC/C=C\C/C=C\C/C=C\C/C=C\C/C=C\C/C=C\C/C=C\CCCCCCCCCCCCCCCC(=O)OC(CO)COC(=O)CCCCCCCCCCCC/C=C\C/C=C\C/C=C\C/C=C\C/C=C\C/C=C\CC. The van der Waals surface area contributed by atoms with Gasteiger partial charge in [-0.3, -0.25) is 9.59 Å². The van der Waals surface area contributed by atoms with Crippen LogP contribution in [-0.2, 0) is 19.1 Å². The topological polar surface area (TPSA) is 72.8 Å². The third-order valence-electron chi connectivity index (χ3n) is 13.3. The molecule has 78 heavy (non-hydrogen) atoms. The number of esters is 2. The van der Waals surface area contributed by atoms with Crippen LogP contribution in [-0.4, -0.2) is 36.4 Å². The van der Waals surface area contributed by atoms with Crippen LogP contribution in [0.4, 0.5) is 0 Å². The van der Waals surface area contributed by atoms with Crippen LogP contribution >= 0.6 is 0 Å². The average Bonchev–Trinajstić information content (AvgIpc) is 3.44. The number of aliphatic hydroxyl groups is 1. The van der Waals surface area contributed by atoms with Gasteiger partial charge in [-0.25, -0.2) is 0 Å². The summed E-state index contributed by atoms with van der Waals surface area (Å²) in [7, 11) is 0. The molecule has 0 aromatic carbocycles. The van der Waals surface area contributed by atoms with E-state index in [1.807, 2.05) is 0 Å². The normalized spacial score (nSPS) is 13.3. The summed E-state index contributed by atoms with van der Waals surface area (Å²) in [5.41, 5.74) is 0. The lowest BCUT2D eigenvalue weighted by molar-refractivity contribution is -0.161. The van der Waals surface area contributed by atoms with Crippen LogP contribution in [0.5, 0.6) is 0 Å². The van der Waals surface area contributed by atoms with Crippen molar-refractivity contribution in [3.05, 3.63) is 158 Å². The van der Waals surface area contributed by atoms with E-state index in [9.17, 15) is 14.7 Å². The monoisotopic (exact) mass is 1070 g/mol. The zero-order valence-electron chi connectivity index (χ0n) is 50.4. The van der Waals surface area contributed by atoms with Gasteiger partial charge in [-0.2, -0.15) is 0 Å². The minimum Gasteiger partial charge on any atom is -0.462 e. The molecule has 0 aliphatic rings. The molecule has 1 atom stereocenters. The first kappa shape index (κ1) is 73.5. The maximum atomic E-state index is 12.4. The Hall–Kier alpha value is -4.48. The number of carbonyl (C=O) groups is 2. The molecule has 0 fully saturated rings. The number of rotatable bonds is 57. The predicted octanol–water partition coefficient (Wildman–Crippen LogP) is 22.3.